The molecule has 10 heteroatoms. The molecule has 2 aromatic rings. The predicted octanol–water partition coefficient (Wildman–Crippen LogP) is 3.04. The third-order valence-corrected chi connectivity index (χ3v) is 6.63. The second-order valence-electron chi connectivity index (χ2n) is 9.07. The van der Waals surface area contributed by atoms with Crippen molar-refractivity contribution >= 4 is 29.7 Å². The summed E-state index contributed by atoms with van der Waals surface area (Å²) >= 11 is 0. The lowest BCUT2D eigenvalue weighted by atomic mass is 10.0. The molecule has 2 aromatic heterocycles. The number of allylic oxidation sites excluding steroid dienone is 1. The number of aromatic nitrogens is 2. The maximum Gasteiger partial charge on any atom is 0.337 e. The van der Waals surface area contributed by atoms with E-state index in [0.717, 1.165) is 37.7 Å². The molecular formula is C26H29N5O5. The number of anilines is 1. The maximum absolute atomic E-state index is 12.6. The summed E-state index contributed by atoms with van der Waals surface area (Å²) in [6, 6.07) is 3.19. The molecular weight excluding hydrogens is 462 g/mol. The number of carbonyl (C=O) groups is 3. The van der Waals surface area contributed by atoms with Gasteiger partial charge in [0.15, 0.2) is 0 Å². The number of carboxylic acids is 1. The molecule has 0 spiro atoms. The van der Waals surface area contributed by atoms with Crippen molar-refractivity contribution in [1.82, 2.24) is 9.55 Å². The minimum atomic E-state index is -1.07. The largest absolute Gasteiger partial charge is 0.478 e. The van der Waals surface area contributed by atoms with E-state index in [2.05, 4.69) is 9.98 Å². The van der Waals surface area contributed by atoms with E-state index in [-0.39, 0.29) is 34.8 Å². The number of aromatic carboxylic acids is 1. The molecule has 1 saturated carbocycles. The van der Waals surface area contributed by atoms with Crippen molar-refractivity contribution in [1.29, 1.82) is 0 Å². The Bertz CT molecular complexity index is 1280. The molecule has 10 nitrogen and oxygen atoms in total. The number of dihydropyridines is 1. The smallest absolute Gasteiger partial charge is 0.337 e. The van der Waals surface area contributed by atoms with Gasteiger partial charge in [-0.2, -0.15) is 0 Å². The maximum atomic E-state index is 12.6. The van der Waals surface area contributed by atoms with Crippen LogP contribution in [0.15, 0.2) is 52.7 Å². The highest BCUT2D eigenvalue weighted by atomic mass is 16.4. The van der Waals surface area contributed by atoms with Gasteiger partial charge in [-0.1, -0.05) is 18.9 Å². The molecule has 0 radical (unpaired) electrons. The number of carbonyl (C=O) groups excluding carboxylic acids is 2. The average molecular weight is 492 g/mol. The highest BCUT2D eigenvalue weighted by Gasteiger charge is 2.28. The molecule has 3 aliphatic rings. The first-order valence-electron chi connectivity index (χ1n) is 12.1. The van der Waals surface area contributed by atoms with Gasteiger partial charge in [0.05, 0.1) is 17.2 Å². The number of carboxylic acid groups (broad SMARTS) is 1. The standard InChI is InChI=1S/C15H18N2O4.C11H11N3O/c18-13-6-3-7-16(13)12-8-10(15(20)21)9-17(14(12)19)11-4-1-2-5-11;12-11(15)9-5-8(6-13-7-9)10-3-1-2-4-14-10/h8-9,11H,1-7H2,(H,20,21);1-2,4-7,10H,3H2,(H2,12,15). The molecule has 1 saturated heterocycles. The first-order chi connectivity index (χ1) is 17.3. The fourth-order valence-corrected chi connectivity index (χ4v) is 4.73. The summed E-state index contributed by atoms with van der Waals surface area (Å²) in [5.41, 5.74) is 6.56. The van der Waals surface area contributed by atoms with Gasteiger partial charge in [0, 0.05) is 43.8 Å². The number of hydrogen-bond acceptors (Lipinski definition) is 6. The molecule has 4 heterocycles. The van der Waals surface area contributed by atoms with Gasteiger partial charge in [-0.25, -0.2) is 4.79 Å². The quantitative estimate of drug-likeness (QED) is 0.657. The topological polar surface area (TPSA) is 148 Å². The molecule has 1 aliphatic carbocycles. The van der Waals surface area contributed by atoms with Crippen molar-refractivity contribution in [2.45, 2.75) is 57.0 Å². The van der Waals surface area contributed by atoms with E-state index in [0.29, 0.717) is 24.9 Å². The zero-order valence-electron chi connectivity index (χ0n) is 19.9. The Morgan fingerprint density at radius 1 is 1.06 bits per heavy atom. The van der Waals surface area contributed by atoms with E-state index in [4.69, 9.17) is 5.73 Å². The van der Waals surface area contributed by atoms with E-state index < -0.39 is 11.9 Å². The van der Waals surface area contributed by atoms with Crippen LogP contribution in [0.25, 0.3) is 0 Å². The number of amides is 2. The molecule has 1 unspecified atom stereocenters. The van der Waals surface area contributed by atoms with Crippen LogP contribution in [0.2, 0.25) is 0 Å². The lowest BCUT2D eigenvalue weighted by Crippen LogP contribution is -2.34. The molecule has 5 rings (SSSR count). The van der Waals surface area contributed by atoms with Crippen LogP contribution in [0.4, 0.5) is 5.69 Å². The number of nitrogens with zero attached hydrogens (tertiary/aromatic N) is 4. The molecule has 1 atom stereocenters. The van der Waals surface area contributed by atoms with Gasteiger partial charge < -0.3 is 20.3 Å². The van der Waals surface area contributed by atoms with Gasteiger partial charge in [-0.15, -0.1) is 0 Å². The van der Waals surface area contributed by atoms with Gasteiger partial charge in [0.1, 0.15) is 5.69 Å². The second-order valence-corrected chi connectivity index (χ2v) is 9.07. The van der Waals surface area contributed by atoms with Crippen molar-refractivity contribution in [3.05, 3.63) is 69.9 Å². The van der Waals surface area contributed by atoms with Crippen LogP contribution in [0.5, 0.6) is 0 Å². The average Bonchev–Trinajstić information content (AvgIpc) is 3.57. The molecule has 0 bridgehead atoms. The van der Waals surface area contributed by atoms with E-state index >= 15 is 0 Å². The minimum absolute atomic E-state index is 0.0493. The predicted molar refractivity (Wildman–Crippen MR) is 134 cm³/mol. The summed E-state index contributed by atoms with van der Waals surface area (Å²) in [6.07, 6.45) is 16.1. The molecule has 2 aliphatic heterocycles. The Labute approximate surface area is 208 Å². The van der Waals surface area contributed by atoms with Gasteiger partial charge >= 0.3 is 5.97 Å². The highest BCUT2D eigenvalue weighted by Crippen LogP contribution is 2.30. The molecule has 188 valence electrons. The highest BCUT2D eigenvalue weighted by molar-refractivity contribution is 5.97. The van der Waals surface area contributed by atoms with E-state index in [1.165, 1.54) is 27.9 Å². The summed E-state index contributed by atoms with van der Waals surface area (Å²) in [5.74, 6) is -1.64. The number of hydrogen-bond donors (Lipinski definition) is 2. The van der Waals surface area contributed by atoms with Gasteiger partial charge in [-0.05, 0) is 49.5 Å². The van der Waals surface area contributed by atoms with Crippen LogP contribution in [0.3, 0.4) is 0 Å². The van der Waals surface area contributed by atoms with Crippen LogP contribution >= 0.6 is 0 Å². The lowest BCUT2D eigenvalue weighted by molar-refractivity contribution is -0.117. The van der Waals surface area contributed by atoms with Crippen molar-refractivity contribution < 1.29 is 19.5 Å². The first kappa shape index (κ1) is 25.0. The summed E-state index contributed by atoms with van der Waals surface area (Å²) in [6.45, 7) is 0.488. The molecule has 3 N–H and O–H groups in total. The third kappa shape index (κ3) is 5.59. The van der Waals surface area contributed by atoms with Crippen molar-refractivity contribution in [3.63, 3.8) is 0 Å². The Kier molecular flexibility index (Phi) is 7.72. The normalized spacial score (nSPS) is 19.3. The number of nitrogens with two attached hydrogens (primary N) is 1. The summed E-state index contributed by atoms with van der Waals surface area (Å²) in [4.78, 5) is 56.5. The van der Waals surface area contributed by atoms with E-state index in [9.17, 15) is 24.3 Å². The Morgan fingerprint density at radius 2 is 1.83 bits per heavy atom. The van der Waals surface area contributed by atoms with Crippen molar-refractivity contribution in [2.24, 2.45) is 10.7 Å². The first-order valence-corrected chi connectivity index (χ1v) is 12.1. The van der Waals surface area contributed by atoms with Gasteiger partial charge in [0.25, 0.3) is 5.56 Å². The van der Waals surface area contributed by atoms with Crippen LogP contribution < -0.4 is 16.2 Å². The Balaban J connectivity index is 0.000000179. The monoisotopic (exact) mass is 491 g/mol. The molecule has 2 fully saturated rings. The number of rotatable bonds is 5. The Morgan fingerprint density at radius 3 is 2.44 bits per heavy atom. The second kappa shape index (κ2) is 11.1. The van der Waals surface area contributed by atoms with Crippen molar-refractivity contribution in [3.8, 4) is 0 Å². The summed E-state index contributed by atoms with van der Waals surface area (Å²) < 4.78 is 1.53. The molecule has 0 aromatic carbocycles. The SMILES string of the molecule is NC(=O)c1cncc(C2CC=CC=N2)c1.O=C(O)c1cc(N2CCCC2=O)c(=O)n(C2CCCC2)c1. The fourth-order valence-electron chi connectivity index (χ4n) is 4.73. The van der Waals surface area contributed by atoms with E-state index in [1.54, 1.807) is 18.5 Å². The van der Waals surface area contributed by atoms with Crippen LogP contribution in [-0.4, -0.2) is 45.2 Å². The number of primary amides is 1. The Hall–Kier alpha value is -4.08. The molecule has 36 heavy (non-hydrogen) atoms. The number of pyridine rings is 2. The third-order valence-electron chi connectivity index (χ3n) is 6.63. The zero-order valence-corrected chi connectivity index (χ0v) is 19.9. The van der Waals surface area contributed by atoms with Crippen LogP contribution in [-0.2, 0) is 4.79 Å². The van der Waals surface area contributed by atoms with Crippen LogP contribution in [0, 0.1) is 0 Å². The van der Waals surface area contributed by atoms with E-state index in [1.807, 2.05) is 12.2 Å². The van der Waals surface area contributed by atoms with Crippen molar-refractivity contribution in [2.75, 3.05) is 11.4 Å². The summed E-state index contributed by atoms with van der Waals surface area (Å²) in [5, 5.41) is 9.26. The minimum Gasteiger partial charge on any atom is -0.478 e. The molecule has 2 amide bonds. The lowest BCUT2D eigenvalue weighted by Gasteiger charge is -2.20. The number of aliphatic imine (C=N–C) groups is 1. The van der Waals surface area contributed by atoms with Gasteiger partial charge in [-0.3, -0.25) is 24.4 Å². The van der Waals surface area contributed by atoms with Crippen LogP contribution in [0.1, 0.15) is 83.3 Å². The fraction of sp³-hybridized carbons (Fsp3) is 0.385. The summed E-state index contributed by atoms with van der Waals surface area (Å²) in [7, 11) is 0. The van der Waals surface area contributed by atoms with Gasteiger partial charge in [0.2, 0.25) is 11.8 Å². The zero-order chi connectivity index (χ0) is 25.7.